The summed E-state index contributed by atoms with van der Waals surface area (Å²) in [6.07, 6.45) is 2.82. The van der Waals surface area contributed by atoms with Gasteiger partial charge in [0.1, 0.15) is 0 Å². The summed E-state index contributed by atoms with van der Waals surface area (Å²) in [4.78, 5) is 22.4. The Morgan fingerprint density at radius 3 is 2.38 bits per heavy atom. The van der Waals surface area contributed by atoms with E-state index in [0.29, 0.717) is 19.4 Å². The molecule has 0 aliphatic rings. The summed E-state index contributed by atoms with van der Waals surface area (Å²) < 4.78 is 4.92. The molecular formula is C12H20O4. The van der Waals surface area contributed by atoms with E-state index in [1.807, 2.05) is 13.8 Å². The van der Waals surface area contributed by atoms with Gasteiger partial charge in [-0.2, -0.15) is 0 Å². The lowest BCUT2D eigenvalue weighted by molar-refractivity contribution is -0.146. The number of ether oxygens (including phenoxy) is 1. The van der Waals surface area contributed by atoms with Crippen molar-refractivity contribution in [3.05, 3.63) is 12.2 Å². The maximum absolute atomic E-state index is 11.5. The zero-order chi connectivity index (χ0) is 12.6. The van der Waals surface area contributed by atoms with Gasteiger partial charge in [0.25, 0.3) is 0 Å². The number of rotatable bonds is 8. The van der Waals surface area contributed by atoms with E-state index in [2.05, 4.69) is 6.58 Å². The summed E-state index contributed by atoms with van der Waals surface area (Å²) in [5.41, 5.74) is 0.0467. The third-order valence-electron chi connectivity index (χ3n) is 2.29. The number of esters is 1. The second-order valence-electron chi connectivity index (χ2n) is 3.69. The first-order valence-electron chi connectivity index (χ1n) is 5.63. The van der Waals surface area contributed by atoms with E-state index in [4.69, 9.17) is 9.84 Å². The van der Waals surface area contributed by atoms with Crippen molar-refractivity contribution in [1.82, 2.24) is 0 Å². The van der Waals surface area contributed by atoms with E-state index >= 15 is 0 Å². The number of carboxylic acids is 1. The lowest BCUT2D eigenvalue weighted by atomic mass is 9.96. The van der Waals surface area contributed by atoms with Gasteiger partial charge >= 0.3 is 11.9 Å². The van der Waals surface area contributed by atoms with Crippen LogP contribution in [0, 0.1) is 5.92 Å². The molecule has 1 unspecified atom stereocenters. The Bertz CT molecular complexity index is 258. The van der Waals surface area contributed by atoms with Gasteiger partial charge in [-0.15, -0.1) is 0 Å². The van der Waals surface area contributed by atoms with Gasteiger partial charge in [-0.1, -0.05) is 33.3 Å². The zero-order valence-electron chi connectivity index (χ0n) is 9.99. The maximum Gasteiger partial charge on any atom is 0.334 e. The molecule has 0 aromatic rings. The molecule has 16 heavy (non-hydrogen) atoms. The molecule has 0 saturated carbocycles. The van der Waals surface area contributed by atoms with Crippen LogP contribution in [-0.2, 0) is 14.3 Å². The standard InChI is InChI=1S/C12H20O4/c1-4-6-8-16-12(15)9(3)10(7-5-2)11(13)14/h10H,3-8H2,1-2H3,(H,13,14). The third kappa shape index (κ3) is 4.96. The van der Waals surface area contributed by atoms with Crippen molar-refractivity contribution in [1.29, 1.82) is 0 Å². The predicted molar refractivity (Wildman–Crippen MR) is 61.0 cm³/mol. The first-order chi connectivity index (χ1) is 7.54. The topological polar surface area (TPSA) is 63.6 Å². The molecule has 0 aromatic carbocycles. The summed E-state index contributed by atoms with van der Waals surface area (Å²) >= 11 is 0. The molecule has 4 heteroatoms. The van der Waals surface area contributed by atoms with E-state index in [9.17, 15) is 9.59 Å². The fraction of sp³-hybridized carbons (Fsp3) is 0.667. The van der Waals surface area contributed by atoms with E-state index < -0.39 is 17.9 Å². The number of carbonyl (C=O) groups is 2. The van der Waals surface area contributed by atoms with Crippen LogP contribution in [0.5, 0.6) is 0 Å². The second kappa shape index (κ2) is 7.91. The van der Waals surface area contributed by atoms with Crippen LogP contribution < -0.4 is 0 Å². The highest BCUT2D eigenvalue weighted by Crippen LogP contribution is 2.17. The minimum atomic E-state index is -1.01. The fourth-order valence-electron chi connectivity index (χ4n) is 1.28. The molecule has 0 rings (SSSR count). The Kier molecular flexibility index (Phi) is 7.25. The molecule has 92 valence electrons. The quantitative estimate of drug-likeness (QED) is 0.393. The van der Waals surface area contributed by atoms with Crippen molar-refractivity contribution in [2.45, 2.75) is 39.5 Å². The molecule has 0 amide bonds. The van der Waals surface area contributed by atoms with E-state index in [0.717, 1.165) is 12.8 Å². The molecule has 0 aliphatic carbocycles. The van der Waals surface area contributed by atoms with Crippen LogP contribution in [0.25, 0.3) is 0 Å². The molecule has 0 radical (unpaired) electrons. The summed E-state index contributed by atoms with van der Waals surface area (Å²) in [7, 11) is 0. The Morgan fingerprint density at radius 1 is 1.31 bits per heavy atom. The van der Waals surface area contributed by atoms with Crippen LogP contribution in [0.1, 0.15) is 39.5 Å². The normalized spacial score (nSPS) is 11.9. The van der Waals surface area contributed by atoms with Gasteiger partial charge in [0, 0.05) is 5.57 Å². The molecule has 0 fully saturated rings. The number of hydrogen-bond donors (Lipinski definition) is 1. The predicted octanol–water partition coefficient (Wildman–Crippen LogP) is 2.39. The molecule has 0 spiro atoms. The monoisotopic (exact) mass is 228 g/mol. The maximum atomic E-state index is 11.5. The highest BCUT2D eigenvalue weighted by Gasteiger charge is 2.25. The van der Waals surface area contributed by atoms with Gasteiger partial charge in [-0.3, -0.25) is 4.79 Å². The number of hydrogen-bond acceptors (Lipinski definition) is 3. The molecule has 0 aliphatic heterocycles. The summed E-state index contributed by atoms with van der Waals surface area (Å²) in [5, 5.41) is 8.93. The SMILES string of the molecule is C=C(C(=O)OCCCC)C(CCC)C(=O)O. The van der Waals surface area contributed by atoms with E-state index in [-0.39, 0.29) is 5.57 Å². The third-order valence-corrected chi connectivity index (χ3v) is 2.29. The summed E-state index contributed by atoms with van der Waals surface area (Å²) in [6.45, 7) is 7.70. The van der Waals surface area contributed by atoms with Gasteiger partial charge in [0.15, 0.2) is 0 Å². The van der Waals surface area contributed by atoms with Gasteiger partial charge < -0.3 is 9.84 Å². The molecule has 1 N–H and O–H groups in total. The van der Waals surface area contributed by atoms with E-state index in [1.165, 1.54) is 0 Å². The Balaban J connectivity index is 4.26. The average Bonchev–Trinajstić information content (AvgIpc) is 2.24. The Morgan fingerprint density at radius 2 is 1.94 bits per heavy atom. The van der Waals surface area contributed by atoms with Crippen molar-refractivity contribution >= 4 is 11.9 Å². The summed E-state index contributed by atoms with van der Waals surface area (Å²) in [6, 6.07) is 0. The number of aliphatic carboxylic acids is 1. The number of unbranched alkanes of at least 4 members (excludes halogenated alkanes) is 1. The van der Waals surface area contributed by atoms with Gasteiger partial charge in [0.05, 0.1) is 12.5 Å². The van der Waals surface area contributed by atoms with Crippen LogP contribution >= 0.6 is 0 Å². The van der Waals surface area contributed by atoms with Gasteiger partial charge in [-0.05, 0) is 12.8 Å². The highest BCUT2D eigenvalue weighted by molar-refractivity contribution is 5.94. The lowest BCUT2D eigenvalue weighted by Crippen LogP contribution is -2.22. The highest BCUT2D eigenvalue weighted by atomic mass is 16.5. The molecule has 0 heterocycles. The second-order valence-corrected chi connectivity index (χ2v) is 3.69. The molecular weight excluding hydrogens is 208 g/mol. The Hall–Kier alpha value is -1.32. The van der Waals surface area contributed by atoms with Crippen LogP contribution in [0.2, 0.25) is 0 Å². The van der Waals surface area contributed by atoms with Crippen LogP contribution in [0.3, 0.4) is 0 Å². The minimum Gasteiger partial charge on any atom is -0.481 e. The smallest absolute Gasteiger partial charge is 0.334 e. The van der Waals surface area contributed by atoms with Crippen molar-refractivity contribution in [3.63, 3.8) is 0 Å². The van der Waals surface area contributed by atoms with Crippen molar-refractivity contribution in [3.8, 4) is 0 Å². The molecule has 0 saturated heterocycles. The van der Waals surface area contributed by atoms with Crippen molar-refractivity contribution < 1.29 is 19.4 Å². The number of carbonyl (C=O) groups excluding carboxylic acids is 1. The fourth-order valence-corrected chi connectivity index (χ4v) is 1.28. The van der Waals surface area contributed by atoms with Crippen molar-refractivity contribution in [2.24, 2.45) is 5.92 Å². The van der Waals surface area contributed by atoms with E-state index in [1.54, 1.807) is 0 Å². The molecule has 0 bridgehead atoms. The van der Waals surface area contributed by atoms with Gasteiger partial charge in [-0.25, -0.2) is 4.79 Å². The van der Waals surface area contributed by atoms with Crippen LogP contribution in [0.15, 0.2) is 12.2 Å². The molecule has 1 atom stereocenters. The average molecular weight is 228 g/mol. The zero-order valence-corrected chi connectivity index (χ0v) is 9.99. The summed E-state index contributed by atoms with van der Waals surface area (Å²) in [5.74, 6) is -2.42. The Labute approximate surface area is 96.3 Å². The first-order valence-corrected chi connectivity index (χ1v) is 5.63. The molecule has 0 aromatic heterocycles. The van der Waals surface area contributed by atoms with Crippen LogP contribution in [0.4, 0.5) is 0 Å². The lowest BCUT2D eigenvalue weighted by Gasteiger charge is -2.13. The van der Waals surface area contributed by atoms with Crippen molar-refractivity contribution in [2.75, 3.05) is 6.61 Å². The van der Waals surface area contributed by atoms with Crippen LogP contribution in [-0.4, -0.2) is 23.7 Å². The number of carboxylic acid groups (broad SMARTS) is 1. The molecule has 4 nitrogen and oxygen atoms in total. The first kappa shape index (κ1) is 14.7. The minimum absolute atomic E-state index is 0.0467. The van der Waals surface area contributed by atoms with Gasteiger partial charge in [0.2, 0.25) is 0 Å². The largest absolute Gasteiger partial charge is 0.481 e.